The molecule has 0 amide bonds. The van der Waals surface area contributed by atoms with Gasteiger partial charge in [-0.15, -0.1) is 0 Å². The van der Waals surface area contributed by atoms with E-state index >= 15 is 0 Å². The van der Waals surface area contributed by atoms with Gasteiger partial charge in [-0.1, -0.05) is 0 Å². The van der Waals surface area contributed by atoms with Crippen LogP contribution in [0.4, 0.5) is 0 Å². The monoisotopic (exact) mass is 121 g/mol. The van der Waals surface area contributed by atoms with E-state index in [1.165, 1.54) is 0 Å². The summed E-state index contributed by atoms with van der Waals surface area (Å²) in [5.74, 6) is 4.64. The molecule has 4 nitrogen and oxygen atoms in total. The highest BCUT2D eigenvalue weighted by Gasteiger charge is 1.98. The zero-order valence-corrected chi connectivity index (χ0v) is 4.58. The number of rotatable bonds is 4. The normalized spacial score (nSPS) is 13.9. The molecule has 0 radical (unpaired) electrons. The topological polar surface area (TPSA) is 75.7 Å². The van der Waals surface area contributed by atoms with Gasteiger partial charge < -0.3 is 15.1 Å². The van der Waals surface area contributed by atoms with Crippen molar-refractivity contribution in [3.05, 3.63) is 0 Å². The van der Waals surface area contributed by atoms with Crippen molar-refractivity contribution in [2.45, 2.75) is 12.5 Å². The van der Waals surface area contributed by atoms with Crippen molar-refractivity contribution < 1.29 is 15.1 Å². The van der Waals surface area contributed by atoms with Crippen molar-refractivity contribution in [1.82, 2.24) is 0 Å². The Balaban J connectivity index is 2.86. The van der Waals surface area contributed by atoms with Gasteiger partial charge in [-0.05, 0) is 0 Å². The van der Waals surface area contributed by atoms with Gasteiger partial charge in [0.2, 0.25) is 0 Å². The standard InChI is InChI=1S/C4H11NO3/c5-8-2-1-4(7)3-6/h4,6-7H,1-3,5H2/t4-/m0/s1. The summed E-state index contributed by atoms with van der Waals surface area (Å²) in [7, 11) is 0. The van der Waals surface area contributed by atoms with Gasteiger partial charge in [0.1, 0.15) is 0 Å². The summed E-state index contributed by atoms with van der Waals surface area (Å²) in [4.78, 5) is 4.14. The Morgan fingerprint density at radius 1 is 1.62 bits per heavy atom. The molecule has 1 atom stereocenters. The van der Waals surface area contributed by atoms with Gasteiger partial charge >= 0.3 is 0 Å². The molecule has 4 heteroatoms. The quantitative estimate of drug-likeness (QED) is 0.401. The molecule has 0 aliphatic rings. The van der Waals surface area contributed by atoms with Crippen LogP contribution in [0, 0.1) is 0 Å². The number of hydrogen-bond acceptors (Lipinski definition) is 4. The van der Waals surface area contributed by atoms with Gasteiger partial charge in [0.25, 0.3) is 0 Å². The average Bonchev–Trinajstić information content (AvgIpc) is 1.83. The zero-order chi connectivity index (χ0) is 6.41. The van der Waals surface area contributed by atoms with Gasteiger partial charge in [-0.3, -0.25) is 0 Å². The van der Waals surface area contributed by atoms with Crippen LogP contribution in [0.15, 0.2) is 0 Å². The fourth-order valence-electron chi connectivity index (χ4n) is 0.295. The van der Waals surface area contributed by atoms with Gasteiger partial charge in [-0.2, -0.15) is 0 Å². The molecular weight excluding hydrogens is 110 g/mol. The van der Waals surface area contributed by atoms with Crippen molar-refractivity contribution in [3.63, 3.8) is 0 Å². The summed E-state index contributed by atoms with van der Waals surface area (Å²) in [6, 6.07) is 0. The number of nitrogens with two attached hydrogens (primary N) is 1. The second-order valence-electron chi connectivity index (χ2n) is 1.50. The minimum atomic E-state index is -0.696. The van der Waals surface area contributed by atoms with Crippen molar-refractivity contribution in [2.75, 3.05) is 13.2 Å². The molecule has 0 aliphatic heterocycles. The van der Waals surface area contributed by atoms with E-state index in [4.69, 9.17) is 10.2 Å². The van der Waals surface area contributed by atoms with Crippen LogP contribution in [0.25, 0.3) is 0 Å². The lowest BCUT2D eigenvalue weighted by Crippen LogP contribution is -2.15. The second-order valence-corrected chi connectivity index (χ2v) is 1.50. The lowest BCUT2D eigenvalue weighted by atomic mass is 10.3. The Labute approximate surface area is 47.8 Å². The summed E-state index contributed by atoms with van der Waals surface area (Å²) in [6.07, 6.45) is -0.314. The van der Waals surface area contributed by atoms with Gasteiger partial charge in [0.05, 0.1) is 19.3 Å². The van der Waals surface area contributed by atoms with Crippen LogP contribution in [-0.2, 0) is 4.84 Å². The fourth-order valence-corrected chi connectivity index (χ4v) is 0.295. The lowest BCUT2D eigenvalue weighted by molar-refractivity contribution is 0.0485. The smallest absolute Gasteiger partial charge is 0.0793 e. The first-order valence-corrected chi connectivity index (χ1v) is 2.42. The highest BCUT2D eigenvalue weighted by molar-refractivity contribution is 4.49. The molecule has 0 saturated carbocycles. The van der Waals surface area contributed by atoms with Crippen LogP contribution in [0.1, 0.15) is 6.42 Å². The molecule has 0 aromatic carbocycles. The summed E-state index contributed by atoms with van der Waals surface area (Å²) in [6.45, 7) is 0.0467. The Kier molecular flexibility index (Phi) is 4.89. The maximum atomic E-state index is 8.60. The summed E-state index contributed by atoms with van der Waals surface area (Å²) >= 11 is 0. The summed E-state index contributed by atoms with van der Waals surface area (Å²) < 4.78 is 0. The molecule has 0 spiro atoms. The van der Waals surface area contributed by atoms with Crippen molar-refractivity contribution in [1.29, 1.82) is 0 Å². The van der Waals surface area contributed by atoms with E-state index in [-0.39, 0.29) is 13.2 Å². The minimum Gasteiger partial charge on any atom is -0.394 e. The third-order valence-corrected chi connectivity index (χ3v) is 0.780. The first-order valence-electron chi connectivity index (χ1n) is 2.42. The van der Waals surface area contributed by atoms with Gasteiger partial charge in [0, 0.05) is 6.42 Å². The molecule has 0 bridgehead atoms. The maximum Gasteiger partial charge on any atom is 0.0793 e. The first-order chi connectivity index (χ1) is 3.81. The van der Waals surface area contributed by atoms with Crippen LogP contribution in [-0.4, -0.2) is 29.5 Å². The predicted molar refractivity (Wildman–Crippen MR) is 27.8 cm³/mol. The minimum absolute atomic E-state index is 0.233. The zero-order valence-electron chi connectivity index (χ0n) is 4.58. The van der Waals surface area contributed by atoms with Crippen LogP contribution in [0.5, 0.6) is 0 Å². The summed E-state index contributed by atoms with van der Waals surface area (Å²) in [5, 5.41) is 16.8. The van der Waals surface area contributed by atoms with Gasteiger partial charge in [0.15, 0.2) is 0 Å². The Hall–Kier alpha value is -0.160. The maximum absolute atomic E-state index is 8.60. The number of aliphatic hydroxyl groups excluding tert-OH is 2. The van der Waals surface area contributed by atoms with E-state index in [1.54, 1.807) is 0 Å². The van der Waals surface area contributed by atoms with E-state index in [0.717, 1.165) is 0 Å². The molecule has 0 aromatic heterocycles. The highest BCUT2D eigenvalue weighted by Crippen LogP contribution is 1.87. The van der Waals surface area contributed by atoms with Crippen molar-refractivity contribution >= 4 is 0 Å². The van der Waals surface area contributed by atoms with E-state index < -0.39 is 6.10 Å². The number of hydrogen-bond donors (Lipinski definition) is 3. The molecule has 4 N–H and O–H groups in total. The van der Waals surface area contributed by atoms with Crippen LogP contribution in [0.3, 0.4) is 0 Å². The fraction of sp³-hybridized carbons (Fsp3) is 1.00. The van der Waals surface area contributed by atoms with Crippen molar-refractivity contribution in [3.8, 4) is 0 Å². The SMILES string of the molecule is NOCC[C@H](O)CO. The number of aliphatic hydroxyl groups is 2. The molecule has 0 unspecified atom stereocenters. The van der Waals surface area contributed by atoms with Gasteiger partial charge in [-0.25, -0.2) is 5.90 Å². The Bertz CT molecular complexity index is 50.5. The van der Waals surface area contributed by atoms with E-state index in [2.05, 4.69) is 10.7 Å². The molecule has 0 aliphatic carbocycles. The predicted octanol–water partition coefficient (Wildman–Crippen LogP) is -1.38. The van der Waals surface area contributed by atoms with E-state index in [0.29, 0.717) is 6.42 Å². The van der Waals surface area contributed by atoms with E-state index in [1.807, 2.05) is 0 Å². The van der Waals surface area contributed by atoms with Crippen molar-refractivity contribution in [2.24, 2.45) is 5.90 Å². The Morgan fingerprint density at radius 3 is 2.62 bits per heavy atom. The third kappa shape index (κ3) is 4.01. The van der Waals surface area contributed by atoms with Crippen LogP contribution >= 0.6 is 0 Å². The molecular formula is C4H11NO3. The molecule has 8 heavy (non-hydrogen) atoms. The van der Waals surface area contributed by atoms with E-state index in [9.17, 15) is 0 Å². The summed E-state index contributed by atoms with van der Waals surface area (Å²) in [5.41, 5.74) is 0. The molecule has 0 heterocycles. The molecule has 50 valence electrons. The lowest BCUT2D eigenvalue weighted by Gasteiger charge is -2.02. The molecule has 0 aromatic rings. The molecule has 0 rings (SSSR count). The average molecular weight is 121 g/mol. The largest absolute Gasteiger partial charge is 0.394 e. The first kappa shape index (κ1) is 7.84. The van der Waals surface area contributed by atoms with Crippen LogP contribution in [0.2, 0.25) is 0 Å². The molecule has 0 saturated heterocycles. The third-order valence-electron chi connectivity index (χ3n) is 0.780. The Morgan fingerprint density at radius 2 is 2.25 bits per heavy atom. The molecule has 0 fully saturated rings. The van der Waals surface area contributed by atoms with Crippen LogP contribution < -0.4 is 5.90 Å². The highest BCUT2D eigenvalue weighted by atomic mass is 16.6. The second kappa shape index (κ2) is 4.99.